The van der Waals surface area contributed by atoms with Crippen molar-refractivity contribution in [2.45, 2.75) is 26.3 Å². The van der Waals surface area contributed by atoms with E-state index in [-0.39, 0.29) is 24.3 Å². The van der Waals surface area contributed by atoms with E-state index in [9.17, 15) is 14.4 Å². The van der Waals surface area contributed by atoms with E-state index < -0.39 is 0 Å². The molecule has 0 aliphatic carbocycles. The Labute approximate surface area is 186 Å². The summed E-state index contributed by atoms with van der Waals surface area (Å²) < 4.78 is 5.20. The van der Waals surface area contributed by atoms with E-state index >= 15 is 0 Å². The van der Waals surface area contributed by atoms with Crippen molar-refractivity contribution in [3.05, 3.63) is 78.3 Å². The molecule has 3 amide bonds. The Balaban J connectivity index is 1.46. The predicted molar refractivity (Wildman–Crippen MR) is 123 cm³/mol. The van der Waals surface area contributed by atoms with Crippen molar-refractivity contribution in [1.82, 2.24) is 5.32 Å². The smallest absolute Gasteiger partial charge is 0.251 e. The van der Waals surface area contributed by atoms with Crippen molar-refractivity contribution in [2.75, 3.05) is 22.5 Å². The normalized spacial score (nSPS) is 10.3. The average molecular weight is 434 g/mol. The van der Waals surface area contributed by atoms with E-state index in [4.69, 9.17) is 4.42 Å². The first-order valence-corrected chi connectivity index (χ1v) is 10.4. The number of carbonyl (C=O) groups is 3. The zero-order chi connectivity index (χ0) is 22.8. The van der Waals surface area contributed by atoms with Gasteiger partial charge in [0, 0.05) is 29.0 Å². The summed E-state index contributed by atoms with van der Waals surface area (Å²) in [4.78, 5) is 36.2. The maximum absolute atomic E-state index is 12.3. The summed E-state index contributed by atoms with van der Waals surface area (Å²) in [6, 6.07) is 17.4. The number of hydrogen-bond acceptors (Lipinski definition) is 5. The summed E-state index contributed by atoms with van der Waals surface area (Å²) >= 11 is 0. The van der Waals surface area contributed by atoms with Gasteiger partial charge in [-0.05, 0) is 61.0 Å². The fourth-order valence-corrected chi connectivity index (χ4v) is 2.93. The fraction of sp³-hybridized carbons (Fsp3) is 0.208. The second-order valence-corrected chi connectivity index (χ2v) is 7.12. The van der Waals surface area contributed by atoms with Gasteiger partial charge in [0.2, 0.25) is 11.8 Å². The van der Waals surface area contributed by atoms with Gasteiger partial charge in [0.05, 0.1) is 19.4 Å². The summed E-state index contributed by atoms with van der Waals surface area (Å²) in [7, 11) is 0. The Hall–Kier alpha value is -4.07. The Morgan fingerprint density at radius 1 is 0.844 bits per heavy atom. The molecule has 3 aromatic rings. The molecule has 0 saturated carbocycles. The minimum Gasteiger partial charge on any atom is -0.467 e. The number of benzene rings is 2. The zero-order valence-corrected chi connectivity index (χ0v) is 17.8. The quantitative estimate of drug-likeness (QED) is 0.385. The first kappa shape index (κ1) is 22.6. The summed E-state index contributed by atoms with van der Waals surface area (Å²) in [5.74, 6) is 0.159. The van der Waals surface area contributed by atoms with Crippen molar-refractivity contribution in [3.63, 3.8) is 0 Å². The number of rotatable bonds is 10. The Morgan fingerprint density at radius 2 is 1.56 bits per heavy atom. The SMILES string of the molecule is CCCC(=O)Nc1ccc(NC(=O)CNc2cccc(C(=O)NCc3ccco3)c2)cc1. The van der Waals surface area contributed by atoms with Crippen molar-refractivity contribution in [3.8, 4) is 0 Å². The van der Waals surface area contributed by atoms with Crippen molar-refractivity contribution in [1.29, 1.82) is 0 Å². The van der Waals surface area contributed by atoms with Gasteiger partial charge >= 0.3 is 0 Å². The molecule has 0 fully saturated rings. The molecule has 1 heterocycles. The van der Waals surface area contributed by atoms with E-state index in [1.54, 1.807) is 66.9 Å². The molecule has 0 aliphatic heterocycles. The number of carbonyl (C=O) groups excluding carboxylic acids is 3. The Morgan fingerprint density at radius 3 is 2.22 bits per heavy atom. The molecule has 1 aromatic heterocycles. The van der Waals surface area contributed by atoms with Crippen LogP contribution in [0.4, 0.5) is 17.1 Å². The van der Waals surface area contributed by atoms with E-state index in [1.807, 2.05) is 6.92 Å². The lowest BCUT2D eigenvalue weighted by molar-refractivity contribution is -0.116. The van der Waals surface area contributed by atoms with Gasteiger partial charge in [0.15, 0.2) is 0 Å². The molecule has 0 aliphatic rings. The van der Waals surface area contributed by atoms with Crippen LogP contribution in [0.2, 0.25) is 0 Å². The van der Waals surface area contributed by atoms with E-state index in [0.29, 0.717) is 41.4 Å². The molecule has 32 heavy (non-hydrogen) atoms. The first-order valence-electron chi connectivity index (χ1n) is 10.4. The molecule has 3 rings (SSSR count). The van der Waals surface area contributed by atoms with Crippen LogP contribution >= 0.6 is 0 Å². The van der Waals surface area contributed by atoms with Crippen LogP contribution in [0.5, 0.6) is 0 Å². The molecule has 0 saturated heterocycles. The summed E-state index contributed by atoms with van der Waals surface area (Å²) in [5.41, 5.74) is 2.43. The monoisotopic (exact) mass is 434 g/mol. The lowest BCUT2D eigenvalue weighted by Gasteiger charge is -2.10. The molecule has 2 aromatic carbocycles. The maximum Gasteiger partial charge on any atom is 0.251 e. The van der Waals surface area contributed by atoms with Crippen LogP contribution in [0.3, 0.4) is 0 Å². The highest BCUT2D eigenvalue weighted by atomic mass is 16.3. The van der Waals surface area contributed by atoms with Gasteiger partial charge in [-0.2, -0.15) is 0 Å². The predicted octanol–water partition coefficient (Wildman–Crippen LogP) is 4.00. The van der Waals surface area contributed by atoms with Gasteiger partial charge in [0.1, 0.15) is 5.76 Å². The van der Waals surface area contributed by atoms with Gasteiger partial charge < -0.3 is 25.7 Å². The standard InChI is InChI=1S/C24H26N4O4/c1-2-5-22(29)27-18-9-11-19(12-10-18)28-23(30)16-25-20-7-3-6-17(14-20)24(31)26-15-21-8-4-13-32-21/h3-4,6-14,25H,2,5,15-16H2,1H3,(H,26,31)(H,27,29)(H,28,30). The third kappa shape index (κ3) is 7.02. The molecule has 8 nitrogen and oxygen atoms in total. The van der Waals surface area contributed by atoms with Crippen LogP contribution in [0, 0.1) is 0 Å². The van der Waals surface area contributed by atoms with Crippen LogP contribution < -0.4 is 21.3 Å². The number of nitrogens with one attached hydrogen (secondary N) is 4. The van der Waals surface area contributed by atoms with Crippen LogP contribution in [0.15, 0.2) is 71.3 Å². The number of furan rings is 1. The van der Waals surface area contributed by atoms with Crippen LogP contribution in [-0.2, 0) is 16.1 Å². The third-order valence-electron chi connectivity index (χ3n) is 4.51. The molecular weight excluding hydrogens is 408 g/mol. The zero-order valence-electron chi connectivity index (χ0n) is 17.8. The topological polar surface area (TPSA) is 112 Å². The second kappa shape index (κ2) is 11.4. The molecular formula is C24H26N4O4. The van der Waals surface area contributed by atoms with E-state index in [1.165, 1.54) is 0 Å². The molecule has 0 unspecified atom stereocenters. The van der Waals surface area contributed by atoms with Crippen molar-refractivity contribution < 1.29 is 18.8 Å². The van der Waals surface area contributed by atoms with Crippen LogP contribution in [-0.4, -0.2) is 24.3 Å². The highest BCUT2D eigenvalue weighted by molar-refractivity contribution is 5.96. The molecule has 0 spiro atoms. The molecule has 0 radical (unpaired) electrons. The Bertz CT molecular complexity index is 1050. The largest absolute Gasteiger partial charge is 0.467 e. The number of hydrogen-bond donors (Lipinski definition) is 4. The van der Waals surface area contributed by atoms with Crippen molar-refractivity contribution in [2.24, 2.45) is 0 Å². The molecule has 0 atom stereocenters. The highest BCUT2D eigenvalue weighted by Gasteiger charge is 2.08. The van der Waals surface area contributed by atoms with Crippen molar-refractivity contribution >= 4 is 34.8 Å². The summed E-state index contributed by atoms with van der Waals surface area (Å²) in [6.45, 7) is 2.28. The average Bonchev–Trinajstić information content (AvgIpc) is 3.31. The molecule has 0 bridgehead atoms. The third-order valence-corrected chi connectivity index (χ3v) is 4.51. The number of anilines is 3. The van der Waals surface area contributed by atoms with Gasteiger partial charge in [-0.1, -0.05) is 13.0 Å². The van der Waals surface area contributed by atoms with E-state index in [0.717, 1.165) is 6.42 Å². The minimum atomic E-state index is -0.236. The van der Waals surface area contributed by atoms with Gasteiger partial charge in [-0.3, -0.25) is 14.4 Å². The minimum absolute atomic E-state index is 0.0342. The summed E-state index contributed by atoms with van der Waals surface area (Å²) in [6.07, 6.45) is 2.80. The molecule has 8 heteroatoms. The highest BCUT2D eigenvalue weighted by Crippen LogP contribution is 2.15. The lowest BCUT2D eigenvalue weighted by Crippen LogP contribution is -2.23. The molecule has 4 N–H and O–H groups in total. The van der Waals surface area contributed by atoms with Gasteiger partial charge in [-0.15, -0.1) is 0 Å². The van der Waals surface area contributed by atoms with Crippen LogP contribution in [0.1, 0.15) is 35.9 Å². The van der Waals surface area contributed by atoms with Gasteiger partial charge in [-0.25, -0.2) is 0 Å². The van der Waals surface area contributed by atoms with E-state index in [2.05, 4.69) is 21.3 Å². The maximum atomic E-state index is 12.3. The second-order valence-electron chi connectivity index (χ2n) is 7.12. The van der Waals surface area contributed by atoms with Gasteiger partial charge in [0.25, 0.3) is 5.91 Å². The lowest BCUT2D eigenvalue weighted by atomic mass is 10.2. The first-order chi connectivity index (χ1) is 15.5. The summed E-state index contributed by atoms with van der Waals surface area (Å²) in [5, 5.41) is 11.4. The van der Waals surface area contributed by atoms with Crippen LogP contribution in [0.25, 0.3) is 0 Å². The Kier molecular flexibility index (Phi) is 8.02. The fourth-order valence-electron chi connectivity index (χ4n) is 2.93. The molecule has 166 valence electrons. The number of amides is 3.